The molecule has 1 saturated carbocycles. The highest BCUT2D eigenvalue weighted by Crippen LogP contribution is 2.25. The van der Waals surface area contributed by atoms with Gasteiger partial charge in [0.1, 0.15) is 5.69 Å². The van der Waals surface area contributed by atoms with Gasteiger partial charge in [-0.1, -0.05) is 0 Å². The molecule has 2 amide bonds. The molecular formula is C13H15N3O4. The summed E-state index contributed by atoms with van der Waals surface area (Å²) in [7, 11) is 0. The van der Waals surface area contributed by atoms with E-state index in [1.165, 1.54) is 18.3 Å². The molecule has 2 rings (SSSR count). The molecular weight excluding hydrogens is 262 g/mol. The summed E-state index contributed by atoms with van der Waals surface area (Å²) in [5.74, 6) is -2.21. The average Bonchev–Trinajstić information content (AvgIpc) is 2.87. The molecule has 0 aromatic carbocycles. The van der Waals surface area contributed by atoms with Crippen LogP contribution in [0.3, 0.4) is 0 Å². The van der Waals surface area contributed by atoms with Gasteiger partial charge in [0.05, 0.1) is 11.5 Å². The van der Waals surface area contributed by atoms with Crippen molar-refractivity contribution in [3.63, 3.8) is 0 Å². The molecule has 1 aliphatic rings. The molecule has 4 N–H and O–H groups in total. The Bertz CT molecular complexity index is 541. The minimum absolute atomic E-state index is 0.152. The minimum atomic E-state index is -0.828. The number of nitrogens with one attached hydrogen (secondary N) is 1. The van der Waals surface area contributed by atoms with Crippen molar-refractivity contribution in [2.75, 3.05) is 0 Å². The molecule has 1 heterocycles. The zero-order valence-electron chi connectivity index (χ0n) is 10.7. The smallest absolute Gasteiger partial charge is 0.306 e. The Balaban J connectivity index is 1.95. The van der Waals surface area contributed by atoms with Crippen molar-refractivity contribution >= 4 is 17.8 Å². The summed E-state index contributed by atoms with van der Waals surface area (Å²) in [6.07, 6.45) is 2.88. The third kappa shape index (κ3) is 3.11. The Labute approximate surface area is 115 Å². The highest BCUT2D eigenvalue weighted by molar-refractivity contribution is 5.95. The summed E-state index contributed by atoms with van der Waals surface area (Å²) < 4.78 is 0. The van der Waals surface area contributed by atoms with Crippen molar-refractivity contribution in [1.29, 1.82) is 0 Å². The van der Waals surface area contributed by atoms with Crippen LogP contribution in [0.25, 0.3) is 0 Å². The highest BCUT2D eigenvalue weighted by Gasteiger charge is 2.30. The lowest BCUT2D eigenvalue weighted by Crippen LogP contribution is -2.34. The summed E-state index contributed by atoms with van der Waals surface area (Å²) >= 11 is 0. The minimum Gasteiger partial charge on any atom is -0.481 e. The third-order valence-corrected chi connectivity index (χ3v) is 3.40. The predicted molar refractivity (Wildman–Crippen MR) is 69.0 cm³/mol. The summed E-state index contributed by atoms with van der Waals surface area (Å²) in [4.78, 5) is 37.5. The van der Waals surface area contributed by atoms with Gasteiger partial charge >= 0.3 is 5.97 Å². The Hall–Kier alpha value is -2.44. The molecule has 1 aromatic rings. The Morgan fingerprint density at radius 3 is 2.55 bits per heavy atom. The molecule has 1 aromatic heterocycles. The number of hydrogen-bond donors (Lipinski definition) is 3. The van der Waals surface area contributed by atoms with Crippen LogP contribution in [0.2, 0.25) is 0 Å². The molecule has 20 heavy (non-hydrogen) atoms. The number of nitrogens with two attached hydrogens (primary N) is 1. The maximum Gasteiger partial charge on any atom is 0.306 e. The highest BCUT2D eigenvalue weighted by atomic mass is 16.4. The first-order valence-electron chi connectivity index (χ1n) is 6.27. The van der Waals surface area contributed by atoms with Crippen molar-refractivity contribution in [3.8, 4) is 0 Å². The van der Waals surface area contributed by atoms with E-state index in [-0.39, 0.29) is 23.2 Å². The number of hydrogen-bond acceptors (Lipinski definition) is 4. The van der Waals surface area contributed by atoms with Gasteiger partial charge in [-0.25, -0.2) is 0 Å². The van der Waals surface area contributed by atoms with Crippen molar-refractivity contribution in [2.24, 2.45) is 11.7 Å². The van der Waals surface area contributed by atoms with Crippen LogP contribution in [0.15, 0.2) is 18.3 Å². The SMILES string of the molecule is NC(=O)c1ccc(C(=O)N[C@H]2CC[C@@H](C(=O)O)C2)nc1. The molecule has 2 atom stereocenters. The van der Waals surface area contributed by atoms with Crippen LogP contribution in [0.1, 0.15) is 40.1 Å². The van der Waals surface area contributed by atoms with E-state index in [0.29, 0.717) is 19.3 Å². The third-order valence-electron chi connectivity index (χ3n) is 3.40. The van der Waals surface area contributed by atoms with E-state index in [4.69, 9.17) is 10.8 Å². The fraction of sp³-hybridized carbons (Fsp3) is 0.385. The zero-order valence-corrected chi connectivity index (χ0v) is 10.7. The predicted octanol–water partition coefficient (Wildman–Crippen LogP) is 0.164. The summed E-state index contributed by atoms with van der Waals surface area (Å²) in [5, 5.41) is 11.6. The Morgan fingerprint density at radius 1 is 1.30 bits per heavy atom. The van der Waals surface area contributed by atoms with Crippen molar-refractivity contribution in [1.82, 2.24) is 10.3 Å². The van der Waals surface area contributed by atoms with Gasteiger partial charge in [0.25, 0.3) is 5.91 Å². The number of carboxylic acids is 1. The fourth-order valence-corrected chi connectivity index (χ4v) is 2.27. The second kappa shape index (κ2) is 5.68. The standard InChI is InChI=1S/C13H15N3O4/c14-11(17)8-2-4-10(15-6-8)12(18)16-9-3-1-7(5-9)13(19)20/h2,4,6-7,9H,1,3,5H2,(H2,14,17)(H,16,18)(H,19,20)/t7-,9+/m1/s1. The zero-order chi connectivity index (χ0) is 14.7. The number of amides is 2. The lowest BCUT2D eigenvalue weighted by molar-refractivity contribution is -0.141. The molecule has 0 saturated heterocycles. The van der Waals surface area contributed by atoms with E-state index in [0.717, 1.165) is 0 Å². The van der Waals surface area contributed by atoms with Gasteiger partial charge in [-0.05, 0) is 31.4 Å². The number of aromatic nitrogens is 1. The Morgan fingerprint density at radius 2 is 2.05 bits per heavy atom. The van der Waals surface area contributed by atoms with Crippen LogP contribution in [0.5, 0.6) is 0 Å². The Kier molecular flexibility index (Phi) is 3.97. The average molecular weight is 277 g/mol. The van der Waals surface area contributed by atoms with Crippen molar-refractivity contribution in [2.45, 2.75) is 25.3 Å². The first-order chi connectivity index (χ1) is 9.47. The molecule has 0 radical (unpaired) electrons. The lowest BCUT2D eigenvalue weighted by Gasteiger charge is -2.11. The fourth-order valence-electron chi connectivity index (χ4n) is 2.27. The monoisotopic (exact) mass is 277 g/mol. The van der Waals surface area contributed by atoms with E-state index in [1.807, 2.05) is 0 Å². The topological polar surface area (TPSA) is 122 Å². The largest absolute Gasteiger partial charge is 0.481 e. The number of carboxylic acid groups (broad SMARTS) is 1. The lowest BCUT2D eigenvalue weighted by atomic mass is 10.1. The maximum atomic E-state index is 11.9. The molecule has 0 aliphatic heterocycles. The van der Waals surface area contributed by atoms with Gasteiger partial charge < -0.3 is 16.2 Å². The van der Waals surface area contributed by atoms with Crippen LogP contribution in [-0.2, 0) is 4.79 Å². The van der Waals surface area contributed by atoms with Gasteiger partial charge in [-0.3, -0.25) is 19.4 Å². The van der Waals surface area contributed by atoms with Gasteiger partial charge in [-0.15, -0.1) is 0 Å². The normalized spacial score (nSPS) is 21.4. The first kappa shape index (κ1) is 14.0. The molecule has 1 fully saturated rings. The van der Waals surface area contributed by atoms with Gasteiger partial charge in [0, 0.05) is 12.2 Å². The number of rotatable bonds is 4. The number of nitrogens with zero attached hydrogens (tertiary/aromatic N) is 1. The molecule has 106 valence electrons. The van der Waals surface area contributed by atoms with E-state index in [1.54, 1.807) is 0 Å². The van der Waals surface area contributed by atoms with Crippen LogP contribution in [-0.4, -0.2) is 33.9 Å². The summed E-state index contributed by atoms with van der Waals surface area (Å²) in [6, 6.07) is 2.69. The second-order valence-electron chi connectivity index (χ2n) is 4.81. The molecule has 7 heteroatoms. The van der Waals surface area contributed by atoms with Crippen molar-refractivity contribution in [3.05, 3.63) is 29.6 Å². The van der Waals surface area contributed by atoms with E-state index in [9.17, 15) is 14.4 Å². The molecule has 0 unspecified atom stereocenters. The van der Waals surface area contributed by atoms with Crippen LogP contribution >= 0.6 is 0 Å². The van der Waals surface area contributed by atoms with E-state index < -0.39 is 17.8 Å². The quantitative estimate of drug-likeness (QED) is 0.723. The van der Waals surface area contributed by atoms with Gasteiger partial charge in [-0.2, -0.15) is 0 Å². The van der Waals surface area contributed by atoms with Gasteiger partial charge in [0.15, 0.2) is 0 Å². The molecule has 1 aliphatic carbocycles. The number of carbonyl (C=O) groups excluding carboxylic acids is 2. The maximum absolute atomic E-state index is 11.9. The summed E-state index contributed by atoms with van der Waals surface area (Å²) in [5.41, 5.74) is 5.49. The summed E-state index contributed by atoms with van der Waals surface area (Å²) in [6.45, 7) is 0. The van der Waals surface area contributed by atoms with Crippen LogP contribution in [0, 0.1) is 5.92 Å². The van der Waals surface area contributed by atoms with Crippen molar-refractivity contribution < 1.29 is 19.5 Å². The van der Waals surface area contributed by atoms with E-state index >= 15 is 0 Å². The molecule has 0 bridgehead atoms. The number of pyridine rings is 1. The molecule has 7 nitrogen and oxygen atoms in total. The van der Waals surface area contributed by atoms with E-state index in [2.05, 4.69) is 10.3 Å². The second-order valence-corrected chi connectivity index (χ2v) is 4.81. The number of aliphatic carboxylic acids is 1. The van der Waals surface area contributed by atoms with Gasteiger partial charge in [0.2, 0.25) is 5.91 Å². The first-order valence-corrected chi connectivity index (χ1v) is 6.27. The van der Waals surface area contributed by atoms with Crippen LogP contribution < -0.4 is 11.1 Å². The van der Waals surface area contributed by atoms with Crippen LogP contribution in [0.4, 0.5) is 0 Å². The molecule has 0 spiro atoms. The number of primary amides is 1. The number of carbonyl (C=O) groups is 3.